The van der Waals surface area contributed by atoms with Crippen LogP contribution in [-0.4, -0.2) is 18.2 Å². The zero-order valence-corrected chi connectivity index (χ0v) is 12.9. The zero-order chi connectivity index (χ0) is 12.3. The van der Waals surface area contributed by atoms with Crippen molar-refractivity contribution in [1.29, 1.82) is 0 Å². The maximum absolute atomic E-state index is 10.5. The van der Waals surface area contributed by atoms with E-state index in [1.54, 1.807) is 13.2 Å². The molecule has 0 heterocycles. The third-order valence-corrected chi connectivity index (χ3v) is 3.79. The van der Waals surface area contributed by atoms with E-state index in [9.17, 15) is 4.79 Å². The Hall–Kier alpha value is -0.330. The maximum Gasteiger partial charge on any atom is 0.328 e. The van der Waals surface area contributed by atoms with Gasteiger partial charge in [0.15, 0.2) is 0 Å². The molecule has 6 heteroatoms. The van der Waals surface area contributed by atoms with Crippen molar-refractivity contribution in [3.63, 3.8) is 0 Å². The first-order chi connectivity index (χ1) is 7.47. The minimum absolute atomic E-state index is 0.619. The van der Waals surface area contributed by atoms with Crippen LogP contribution >= 0.6 is 47.8 Å². The predicted octanol–water partition coefficient (Wildman–Crippen LogP) is 4.08. The molecule has 0 saturated carbocycles. The SMILES string of the molecule is COc1c(Br)cc(Br)c(/C=C/C(=O)O)c1Br. The van der Waals surface area contributed by atoms with Gasteiger partial charge in [-0.15, -0.1) is 0 Å². The molecular formula is C10H7Br3O3. The van der Waals surface area contributed by atoms with E-state index < -0.39 is 5.97 Å². The Balaban J connectivity index is 3.33. The first-order valence-electron chi connectivity index (χ1n) is 4.10. The lowest BCUT2D eigenvalue weighted by Gasteiger charge is -2.10. The summed E-state index contributed by atoms with van der Waals surface area (Å²) in [7, 11) is 1.55. The average Bonchev–Trinajstić information content (AvgIpc) is 2.16. The highest BCUT2D eigenvalue weighted by atomic mass is 79.9. The molecule has 0 atom stereocenters. The lowest BCUT2D eigenvalue weighted by atomic mass is 10.2. The molecule has 1 aromatic carbocycles. The lowest BCUT2D eigenvalue weighted by Crippen LogP contribution is -1.91. The Morgan fingerprint density at radius 1 is 1.38 bits per heavy atom. The summed E-state index contributed by atoms with van der Waals surface area (Å²) in [6, 6.07) is 1.80. The molecule has 1 aromatic rings. The van der Waals surface area contributed by atoms with E-state index in [1.165, 1.54) is 6.08 Å². The molecule has 0 radical (unpaired) electrons. The van der Waals surface area contributed by atoms with Crippen molar-refractivity contribution in [3.05, 3.63) is 31.1 Å². The number of carbonyl (C=O) groups is 1. The molecule has 0 fully saturated rings. The van der Waals surface area contributed by atoms with Crippen molar-refractivity contribution in [2.24, 2.45) is 0 Å². The lowest BCUT2D eigenvalue weighted by molar-refractivity contribution is -0.131. The molecule has 0 aromatic heterocycles. The molecule has 0 saturated heterocycles. The van der Waals surface area contributed by atoms with E-state index in [-0.39, 0.29) is 0 Å². The van der Waals surface area contributed by atoms with Gasteiger partial charge >= 0.3 is 5.97 Å². The molecule has 0 aliphatic rings. The van der Waals surface area contributed by atoms with E-state index >= 15 is 0 Å². The highest BCUT2D eigenvalue weighted by Crippen LogP contribution is 2.40. The van der Waals surface area contributed by atoms with Crippen LogP contribution in [0.3, 0.4) is 0 Å². The second kappa shape index (κ2) is 5.84. The van der Waals surface area contributed by atoms with E-state index in [0.717, 1.165) is 15.0 Å². The summed E-state index contributed by atoms with van der Waals surface area (Å²) in [6.45, 7) is 0. The van der Waals surface area contributed by atoms with Gasteiger partial charge < -0.3 is 9.84 Å². The first-order valence-corrected chi connectivity index (χ1v) is 6.47. The van der Waals surface area contributed by atoms with Gasteiger partial charge in [0.05, 0.1) is 16.1 Å². The van der Waals surface area contributed by atoms with E-state index in [1.807, 2.05) is 0 Å². The van der Waals surface area contributed by atoms with Crippen molar-refractivity contribution in [2.45, 2.75) is 0 Å². The summed E-state index contributed by atoms with van der Waals surface area (Å²) in [4.78, 5) is 10.5. The molecule has 0 bridgehead atoms. The van der Waals surface area contributed by atoms with Gasteiger partial charge in [-0.2, -0.15) is 0 Å². The molecular weight excluding hydrogens is 408 g/mol. The van der Waals surface area contributed by atoms with Gasteiger partial charge in [0.2, 0.25) is 0 Å². The third kappa shape index (κ3) is 3.09. The highest BCUT2D eigenvalue weighted by Gasteiger charge is 2.12. The smallest absolute Gasteiger partial charge is 0.328 e. The van der Waals surface area contributed by atoms with Crippen LogP contribution in [0, 0.1) is 0 Å². The Labute approximate surface area is 118 Å². The molecule has 0 unspecified atom stereocenters. The number of hydrogen-bond donors (Lipinski definition) is 1. The quantitative estimate of drug-likeness (QED) is 0.758. The molecule has 1 rings (SSSR count). The van der Waals surface area contributed by atoms with Crippen molar-refractivity contribution in [2.75, 3.05) is 7.11 Å². The Kier molecular flexibility index (Phi) is 5.01. The predicted molar refractivity (Wildman–Crippen MR) is 72.8 cm³/mol. The molecule has 3 nitrogen and oxygen atoms in total. The zero-order valence-electron chi connectivity index (χ0n) is 8.13. The number of carboxylic acid groups (broad SMARTS) is 1. The Morgan fingerprint density at radius 3 is 2.50 bits per heavy atom. The summed E-state index contributed by atoms with van der Waals surface area (Å²) in [5, 5.41) is 8.58. The van der Waals surface area contributed by atoms with Crippen LogP contribution in [0.1, 0.15) is 5.56 Å². The van der Waals surface area contributed by atoms with Crippen LogP contribution in [0.5, 0.6) is 5.75 Å². The van der Waals surface area contributed by atoms with Crippen molar-refractivity contribution >= 4 is 59.8 Å². The number of methoxy groups -OCH3 is 1. The van der Waals surface area contributed by atoms with E-state index in [0.29, 0.717) is 15.8 Å². The van der Waals surface area contributed by atoms with Crippen LogP contribution in [0.4, 0.5) is 0 Å². The van der Waals surface area contributed by atoms with Gasteiger partial charge in [-0.05, 0) is 44.0 Å². The fourth-order valence-electron chi connectivity index (χ4n) is 1.08. The van der Waals surface area contributed by atoms with E-state index in [2.05, 4.69) is 47.8 Å². The number of rotatable bonds is 3. The second-order valence-electron chi connectivity index (χ2n) is 2.77. The molecule has 0 aliphatic carbocycles. The first kappa shape index (κ1) is 13.7. The maximum atomic E-state index is 10.5. The summed E-state index contributed by atoms with van der Waals surface area (Å²) in [6.07, 6.45) is 2.56. The third-order valence-electron chi connectivity index (χ3n) is 1.76. The Morgan fingerprint density at radius 2 is 2.00 bits per heavy atom. The van der Waals surface area contributed by atoms with Gasteiger partial charge in [0.1, 0.15) is 5.75 Å². The number of carboxylic acids is 1. The van der Waals surface area contributed by atoms with Crippen LogP contribution in [0.25, 0.3) is 6.08 Å². The van der Waals surface area contributed by atoms with Crippen LogP contribution in [0.2, 0.25) is 0 Å². The fraction of sp³-hybridized carbons (Fsp3) is 0.100. The number of halogens is 3. The topological polar surface area (TPSA) is 46.5 Å². The van der Waals surface area contributed by atoms with Crippen molar-refractivity contribution in [3.8, 4) is 5.75 Å². The van der Waals surface area contributed by atoms with Gasteiger partial charge in [-0.3, -0.25) is 0 Å². The molecule has 16 heavy (non-hydrogen) atoms. The van der Waals surface area contributed by atoms with Crippen LogP contribution in [-0.2, 0) is 4.79 Å². The molecule has 0 spiro atoms. The number of ether oxygens (including phenoxy) is 1. The van der Waals surface area contributed by atoms with Crippen molar-refractivity contribution < 1.29 is 14.6 Å². The van der Waals surface area contributed by atoms with E-state index in [4.69, 9.17) is 9.84 Å². The van der Waals surface area contributed by atoms with Gasteiger partial charge in [-0.1, -0.05) is 15.9 Å². The summed E-state index contributed by atoms with van der Waals surface area (Å²) >= 11 is 10.1. The molecule has 0 amide bonds. The monoisotopic (exact) mass is 412 g/mol. The minimum Gasteiger partial charge on any atom is -0.494 e. The van der Waals surface area contributed by atoms with Gasteiger partial charge in [0.25, 0.3) is 0 Å². The number of hydrogen-bond acceptors (Lipinski definition) is 2. The molecule has 0 aliphatic heterocycles. The summed E-state index contributed by atoms with van der Waals surface area (Å²) in [5.74, 6) is -0.381. The van der Waals surface area contributed by atoms with Gasteiger partial charge in [-0.25, -0.2) is 4.79 Å². The normalized spacial score (nSPS) is 10.8. The Bertz CT molecular complexity index is 455. The minimum atomic E-state index is -0.999. The fourth-order valence-corrected chi connectivity index (χ4v) is 3.79. The van der Waals surface area contributed by atoms with Crippen LogP contribution < -0.4 is 4.74 Å². The summed E-state index contributed by atoms with van der Waals surface area (Å²) in [5.41, 5.74) is 0.711. The summed E-state index contributed by atoms with van der Waals surface area (Å²) < 4.78 is 7.42. The average molecular weight is 415 g/mol. The molecule has 1 N–H and O–H groups in total. The standard InChI is InChI=1S/C10H7Br3O3/c1-16-10-7(12)4-6(11)5(9(10)13)2-3-8(14)15/h2-4H,1H3,(H,14,15)/b3-2+. The van der Waals surface area contributed by atoms with Gasteiger partial charge in [0, 0.05) is 16.1 Å². The van der Waals surface area contributed by atoms with Crippen LogP contribution in [0.15, 0.2) is 25.6 Å². The number of benzene rings is 1. The molecule has 86 valence electrons. The van der Waals surface area contributed by atoms with Crippen molar-refractivity contribution in [1.82, 2.24) is 0 Å². The largest absolute Gasteiger partial charge is 0.494 e. The highest BCUT2D eigenvalue weighted by molar-refractivity contribution is 9.11. The second-order valence-corrected chi connectivity index (χ2v) is 5.27. The number of aliphatic carboxylic acids is 1.